The zero-order valence-corrected chi connectivity index (χ0v) is 9.48. The van der Waals surface area contributed by atoms with Gasteiger partial charge in [-0.3, -0.25) is 4.84 Å². The van der Waals surface area contributed by atoms with Crippen LogP contribution in [-0.4, -0.2) is 42.1 Å². The van der Waals surface area contributed by atoms with Crippen LogP contribution in [-0.2, 0) is 19.1 Å². The molecule has 0 N–H and O–H groups in total. The zero-order valence-electron chi connectivity index (χ0n) is 10.5. The normalized spacial score (nSPS) is 56.6. The monoisotopic (exact) mass is 238 g/mol. The molecule has 0 bridgehead atoms. The lowest BCUT2D eigenvalue weighted by molar-refractivity contribution is -0.186. The van der Waals surface area contributed by atoms with Crippen LogP contribution in [0, 0.1) is 5.41 Å². The quantitative estimate of drug-likeness (QED) is 0.521. The maximum Gasteiger partial charge on any atom is 0.340 e. The minimum absolute atomic E-state index is 0.403. The Hall–Kier alpha value is -0.910. The van der Waals surface area contributed by atoms with Crippen LogP contribution in [0.2, 0.25) is 0 Å². The van der Waals surface area contributed by atoms with E-state index in [4.69, 9.17) is 15.7 Å². The van der Waals surface area contributed by atoms with Crippen LogP contribution in [0.5, 0.6) is 0 Å². The molecular formula is C12H15NO4. The highest BCUT2D eigenvalue weighted by molar-refractivity contribution is 5.80. The second-order valence-electron chi connectivity index (χ2n) is 5.17. The first-order chi connectivity index (χ1) is 8.61. The van der Waals surface area contributed by atoms with Crippen molar-refractivity contribution < 1.29 is 20.5 Å². The minimum atomic E-state index is -1.68. The van der Waals surface area contributed by atoms with Crippen LogP contribution >= 0.6 is 0 Å². The standard InChI is InChI=1S/C12H15NO4/c1-2-4-12-8-9(14)16-10(12)15-7-11(12)5-3-6-13(11)17-8/h2,8,10H,1,3-7H2/t8-,10+,11+,12-/m1/s1/i8D. The Bertz CT molecular complexity index is 457. The van der Waals surface area contributed by atoms with Crippen LogP contribution in [0.1, 0.15) is 20.6 Å². The molecule has 17 heavy (non-hydrogen) atoms. The Labute approximate surface area is 101 Å². The Morgan fingerprint density at radius 3 is 3.41 bits per heavy atom. The molecule has 4 heterocycles. The van der Waals surface area contributed by atoms with E-state index in [1.165, 1.54) is 0 Å². The molecule has 0 radical (unpaired) electrons. The number of hydrogen-bond acceptors (Lipinski definition) is 5. The largest absolute Gasteiger partial charge is 0.433 e. The van der Waals surface area contributed by atoms with E-state index in [9.17, 15) is 4.79 Å². The van der Waals surface area contributed by atoms with Crippen molar-refractivity contribution >= 4 is 5.97 Å². The van der Waals surface area contributed by atoms with Crippen molar-refractivity contribution in [1.29, 1.82) is 0 Å². The Balaban J connectivity index is 1.96. The van der Waals surface area contributed by atoms with Crippen LogP contribution in [0.3, 0.4) is 0 Å². The summed E-state index contributed by atoms with van der Waals surface area (Å²) in [6, 6.07) is 0. The fraction of sp³-hybridized carbons (Fsp3) is 0.750. The number of carbonyl (C=O) groups is 1. The fourth-order valence-corrected chi connectivity index (χ4v) is 3.90. The SMILES string of the molecule is [2H][C@@]12ON3CCC[C@@]34CO[C@@H](OC1=O)[C@]42CC=C. The lowest BCUT2D eigenvalue weighted by Gasteiger charge is -2.35. The van der Waals surface area contributed by atoms with Crippen molar-refractivity contribution in [2.75, 3.05) is 13.2 Å². The molecule has 0 aromatic rings. The van der Waals surface area contributed by atoms with E-state index in [-0.39, 0.29) is 0 Å². The molecule has 4 rings (SSSR count). The number of esters is 1. The first-order valence-corrected chi connectivity index (χ1v) is 6.01. The van der Waals surface area contributed by atoms with E-state index < -0.39 is 29.3 Å². The van der Waals surface area contributed by atoms with Gasteiger partial charge < -0.3 is 9.47 Å². The highest BCUT2D eigenvalue weighted by atomic mass is 16.8. The molecule has 0 amide bonds. The van der Waals surface area contributed by atoms with Gasteiger partial charge in [0.2, 0.25) is 6.29 Å². The molecule has 4 aliphatic rings. The van der Waals surface area contributed by atoms with Crippen molar-refractivity contribution in [3.05, 3.63) is 12.7 Å². The maximum atomic E-state index is 12.0. The summed E-state index contributed by atoms with van der Waals surface area (Å²) in [5.41, 5.74) is -1.17. The van der Waals surface area contributed by atoms with Crippen LogP contribution in [0.15, 0.2) is 12.7 Å². The van der Waals surface area contributed by atoms with E-state index >= 15 is 0 Å². The fourth-order valence-electron chi connectivity index (χ4n) is 3.90. The number of hydrogen-bond donors (Lipinski definition) is 0. The highest BCUT2D eigenvalue weighted by Crippen LogP contribution is 2.64. The van der Waals surface area contributed by atoms with E-state index in [1.807, 2.05) is 0 Å². The predicted octanol–water partition coefficient (Wildman–Crippen LogP) is 0.610. The molecule has 4 atom stereocenters. The van der Waals surface area contributed by atoms with E-state index in [1.54, 1.807) is 11.1 Å². The average molecular weight is 238 g/mol. The molecule has 0 aromatic carbocycles. The summed E-state index contributed by atoms with van der Waals surface area (Å²) < 4.78 is 19.4. The smallest absolute Gasteiger partial charge is 0.340 e. The average Bonchev–Trinajstić information content (AvgIpc) is 2.96. The number of hydroxylamine groups is 2. The molecular weight excluding hydrogens is 222 g/mol. The molecule has 0 aromatic heterocycles. The third-order valence-electron chi connectivity index (χ3n) is 4.61. The van der Waals surface area contributed by atoms with Gasteiger partial charge in [0.15, 0.2) is 6.08 Å². The molecule has 4 aliphatic heterocycles. The molecule has 0 aliphatic carbocycles. The Kier molecular flexibility index (Phi) is 1.55. The van der Waals surface area contributed by atoms with Crippen molar-refractivity contribution in [2.45, 2.75) is 37.2 Å². The second kappa shape index (κ2) is 2.91. The summed E-state index contributed by atoms with van der Waals surface area (Å²) in [5, 5.41) is 1.80. The molecule has 92 valence electrons. The molecule has 4 fully saturated rings. The van der Waals surface area contributed by atoms with Crippen molar-refractivity contribution in [1.82, 2.24) is 5.06 Å². The number of rotatable bonds is 2. The first-order valence-electron chi connectivity index (χ1n) is 6.51. The number of ether oxygens (including phenoxy) is 2. The van der Waals surface area contributed by atoms with Gasteiger partial charge in [0.05, 0.1) is 18.9 Å². The summed E-state index contributed by atoms with van der Waals surface area (Å²) in [6.07, 6.45) is 1.73. The van der Waals surface area contributed by atoms with Gasteiger partial charge in [-0.25, -0.2) is 4.79 Å². The summed E-state index contributed by atoms with van der Waals surface area (Å²) in [4.78, 5) is 17.7. The van der Waals surface area contributed by atoms with E-state index in [2.05, 4.69) is 6.58 Å². The maximum absolute atomic E-state index is 12.0. The summed E-state index contributed by atoms with van der Waals surface area (Å²) >= 11 is 0. The topological polar surface area (TPSA) is 48.0 Å². The van der Waals surface area contributed by atoms with Gasteiger partial charge in [-0.2, -0.15) is 5.06 Å². The first kappa shape index (κ1) is 9.08. The van der Waals surface area contributed by atoms with Gasteiger partial charge in [0.1, 0.15) is 0 Å². The Morgan fingerprint density at radius 1 is 1.71 bits per heavy atom. The molecule has 1 spiro atoms. The zero-order chi connectivity index (χ0) is 12.6. The third kappa shape index (κ3) is 0.852. The molecule has 4 saturated heterocycles. The summed E-state index contributed by atoms with van der Waals surface area (Å²) in [6.45, 7) is 4.96. The Morgan fingerprint density at radius 2 is 2.59 bits per heavy atom. The predicted molar refractivity (Wildman–Crippen MR) is 56.6 cm³/mol. The number of nitrogens with zero attached hydrogens (tertiary/aromatic N) is 1. The summed E-state index contributed by atoms with van der Waals surface area (Å²) in [5.74, 6) is -0.636. The molecule has 0 unspecified atom stereocenters. The van der Waals surface area contributed by atoms with Gasteiger partial charge in [-0.15, -0.1) is 6.58 Å². The van der Waals surface area contributed by atoms with Crippen LogP contribution in [0.4, 0.5) is 0 Å². The van der Waals surface area contributed by atoms with Gasteiger partial charge in [-0.05, 0) is 19.3 Å². The van der Waals surface area contributed by atoms with Crippen molar-refractivity contribution in [2.24, 2.45) is 5.41 Å². The van der Waals surface area contributed by atoms with Crippen LogP contribution in [0.25, 0.3) is 0 Å². The van der Waals surface area contributed by atoms with Crippen molar-refractivity contribution in [3.63, 3.8) is 0 Å². The third-order valence-corrected chi connectivity index (χ3v) is 4.61. The number of carbonyl (C=O) groups excluding carboxylic acids is 1. The molecule has 0 saturated carbocycles. The second-order valence-corrected chi connectivity index (χ2v) is 5.17. The summed E-state index contributed by atoms with van der Waals surface area (Å²) in [7, 11) is 0. The van der Waals surface area contributed by atoms with Gasteiger partial charge in [0.25, 0.3) is 0 Å². The van der Waals surface area contributed by atoms with E-state index in [0.29, 0.717) is 13.0 Å². The van der Waals surface area contributed by atoms with Gasteiger partial charge in [0, 0.05) is 6.54 Å². The minimum Gasteiger partial charge on any atom is -0.433 e. The number of allylic oxidation sites excluding steroid dienone is 1. The lowest BCUT2D eigenvalue weighted by atomic mass is 9.66. The molecule has 5 nitrogen and oxygen atoms in total. The molecule has 5 heteroatoms. The van der Waals surface area contributed by atoms with Crippen LogP contribution < -0.4 is 0 Å². The highest BCUT2D eigenvalue weighted by Gasteiger charge is 2.79. The lowest BCUT2D eigenvalue weighted by Crippen LogP contribution is -2.52. The van der Waals surface area contributed by atoms with E-state index in [0.717, 1.165) is 19.4 Å². The van der Waals surface area contributed by atoms with Gasteiger partial charge in [-0.1, -0.05) is 6.08 Å². The van der Waals surface area contributed by atoms with Crippen molar-refractivity contribution in [3.8, 4) is 0 Å². The van der Waals surface area contributed by atoms with Gasteiger partial charge >= 0.3 is 5.97 Å².